The fourth-order valence-electron chi connectivity index (χ4n) is 2.60. The van der Waals surface area contributed by atoms with Crippen molar-refractivity contribution in [1.82, 2.24) is 14.9 Å². The molecule has 0 saturated heterocycles. The van der Waals surface area contributed by atoms with Crippen molar-refractivity contribution in [1.29, 1.82) is 0 Å². The number of benzene rings is 2. The first-order valence-electron chi connectivity index (χ1n) is 8.46. The molecule has 142 valence electrons. The van der Waals surface area contributed by atoms with Gasteiger partial charge in [0, 0.05) is 5.56 Å². The molecular formula is C19H21N3O4S. The average molecular weight is 387 g/mol. The van der Waals surface area contributed by atoms with Crippen LogP contribution in [0.5, 0.6) is 5.75 Å². The van der Waals surface area contributed by atoms with Crippen LogP contribution in [0, 0.1) is 0 Å². The lowest BCUT2D eigenvalue weighted by Gasteiger charge is -2.13. The predicted molar refractivity (Wildman–Crippen MR) is 101 cm³/mol. The predicted octanol–water partition coefficient (Wildman–Crippen LogP) is 3.35. The highest BCUT2D eigenvalue weighted by Crippen LogP contribution is 2.28. The molecule has 3 rings (SSSR count). The monoisotopic (exact) mass is 387 g/mol. The molecule has 0 aliphatic rings. The summed E-state index contributed by atoms with van der Waals surface area (Å²) in [5.41, 5.74) is 1.62. The molecule has 0 spiro atoms. The molecular weight excluding hydrogens is 366 g/mol. The van der Waals surface area contributed by atoms with Crippen LogP contribution in [-0.2, 0) is 16.6 Å². The van der Waals surface area contributed by atoms with Crippen molar-refractivity contribution in [3.8, 4) is 17.1 Å². The highest BCUT2D eigenvalue weighted by Gasteiger charge is 2.19. The summed E-state index contributed by atoms with van der Waals surface area (Å²) in [6.45, 7) is 3.86. The minimum Gasteiger partial charge on any atom is -0.496 e. The number of hydrogen-bond acceptors (Lipinski definition) is 6. The van der Waals surface area contributed by atoms with Crippen LogP contribution in [0.15, 0.2) is 57.9 Å². The Morgan fingerprint density at radius 3 is 2.56 bits per heavy atom. The van der Waals surface area contributed by atoms with Gasteiger partial charge in [-0.15, -0.1) is 0 Å². The molecule has 0 aliphatic heterocycles. The van der Waals surface area contributed by atoms with Crippen molar-refractivity contribution in [3.05, 3.63) is 60.0 Å². The molecule has 0 bridgehead atoms. The van der Waals surface area contributed by atoms with Crippen molar-refractivity contribution >= 4 is 10.0 Å². The number of methoxy groups -OCH3 is 1. The Kier molecular flexibility index (Phi) is 5.57. The zero-order chi connectivity index (χ0) is 19.4. The number of sulfonamides is 1. The lowest BCUT2D eigenvalue weighted by molar-refractivity contribution is 0.376. The third-order valence-corrected chi connectivity index (χ3v) is 5.45. The quantitative estimate of drug-likeness (QED) is 0.668. The van der Waals surface area contributed by atoms with Crippen LogP contribution in [0.3, 0.4) is 0 Å². The van der Waals surface area contributed by atoms with Gasteiger partial charge in [0.1, 0.15) is 5.75 Å². The summed E-state index contributed by atoms with van der Waals surface area (Å²) in [5.74, 6) is 1.39. The zero-order valence-electron chi connectivity index (χ0n) is 15.3. The molecule has 0 amide bonds. The van der Waals surface area contributed by atoms with Crippen molar-refractivity contribution in [2.24, 2.45) is 0 Å². The van der Waals surface area contributed by atoms with E-state index < -0.39 is 10.0 Å². The highest BCUT2D eigenvalue weighted by atomic mass is 32.2. The highest BCUT2D eigenvalue weighted by molar-refractivity contribution is 7.89. The molecule has 8 heteroatoms. The normalized spacial score (nSPS) is 11.7. The molecule has 0 unspecified atom stereocenters. The van der Waals surface area contributed by atoms with E-state index in [0.29, 0.717) is 11.6 Å². The maximum absolute atomic E-state index is 12.6. The van der Waals surface area contributed by atoms with Crippen molar-refractivity contribution in [2.45, 2.75) is 31.2 Å². The maximum Gasteiger partial charge on any atom is 0.242 e. The first-order valence-corrected chi connectivity index (χ1v) is 9.94. The van der Waals surface area contributed by atoms with Gasteiger partial charge in [-0.05, 0) is 29.7 Å². The van der Waals surface area contributed by atoms with Crippen LogP contribution in [-0.4, -0.2) is 25.7 Å². The van der Waals surface area contributed by atoms with Crippen LogP contribution in [0.1, 0.15) is 31.2 Å². The van der Waals surface area contributed by atoms with Gasteiger partial charge >= 0.3 is 0 Å². The van der Waals surface area contributed by atoms with Gasteiger partial charge in [0.15, 0.2) is 0 Å². The molecule has 2 aromatic carbocycles. The summed E-state index contributed by atoms with van der Waals surface area (Å²) >= 11 is 0. The lowest BCUT2D eigenvalue weighted by atomic mass is 10.0. The van der Waals surface area contributed by atoms with Gasteiger partial charge in [-0.3, -0.25) is 0 Å². The molecule has 0 saturated carbocycles. The topological polar surface area (TPSA) is 94.3 Å². The maximum atomic E-state index is 12.6. The average Bonchev–Trinajstić information content (AvgIpc) is 3.16. The molecule has 0 radical (unpaired) electrons. The molecule has 3 aromatic rings. The minimum absolute atomic E-state index is 0.0921. The van der Waals surface area contributed by atoms with Gasteiger partial charge in [0.25, 0.3) is 0 Å². The van der Waals surface area contributed by atoms with E-state index in [2.05, 4.69) is 14.9 Å². The Morgan fingerprint density at radius 2 is 1.89 bits per heavy atom. The molecule has 7 nitrogen and oxygen atoms in total. The number of aromatic nitrogens is 2. The fraction of sp³-hybridized carbons (Fsp3) is 0.263. The number of rotatable bonds is 7. The van der Waals surface area contributed by atoms with E-state index in [1.165, 1.54) is 6.07 Å². The number of nitrogens with zero attached hydrogens (tertiary/aromatic N) is 2. The Balaban J connectivity index is 1.76. The van der Waals surface area contributed by atoms with Crippen LogP contribution >= 0.6 is 0 Å². The Hall–Kier alpha value is -2.71. The van der Waals surface area contributed by atoms with E-state index >= 15 is 0 Å². The van der Waals surface area contributed by atoms with E-state index in [4.69, 9.17) is 9.26 Å². The van der Waals surface area contributed by atoms with E-state index in [-0.39, 0.29) is 23.2 Å². The molecule has 0 atom stereocenters. The Morgan fingerprint density at radius 1 is 1.15 bits per heavy atom. The standard InChI is InChI=1S/C19H21N3O4S/c1-13(2)16-11-15(9-10-17(16)25-3)27(23,24)20-12-18-21-19(22-26-18)14-7-5-4-6-8-14/h4-11,13,20H,12H2,1-3H3. The molecule has 0 aliphatic carbocycles. The van der Waals surface area contributed by atoms with E-state index in [1.807, 2.05) is 44.2 Å². The second kappa shape index (κ2) is 7.89. The van der Waals surface area contributed by atoms with Crippen LogP contribution in [0.25, 0.3) is 11.4 Å². The summed E-state index contributed by atoms with van der Waals surface area (Å²) in [5, 5.41) is 3.88. The zero-order valence-corrected chi connectivity index (χ0v) is 16.2. The lowest BCUT2D eigenvalue weighted by Crippen LogP contribution is -2.23. The molecule has 0 fully saturated rings. The summed E-state index contributed by atoms with van der Waals surface area (Å²) in [6, 6.07) is 14.1. The van der Waals surface area contributed by atoms with E-state index in [0.717, 1.165) is 11.1 Å². The summed E-state index contributed by atoms with van der Waals surface area (Å²) in [7, 11) is -2.17. The largest absolute Gasteiger partial charge is 0.496 e. The van der Waals surface area contributed by atoms with Crippen LogP contribution in [0.4, 0.5) is 0 Å². The first kappa shape index (κ1) is 19.1. The van der Waals surface area contributed by atoms with Gasteiger partial charge < -0.3 is 9.26 Å². The van der Waals surface area contributed by atoms with Crippen molar-refractivity contribution in [3.63, 3.8) is 0 Å². The summed E-state index contributed by atoms with van der Waals surface area (Å²) < 4.78 is 38.2. The fourth-order valence-corrected chi connectivity index (χ4v) is 3.61. The number of ether oxygens (including phenoxy) is 1. The number of nitrogens with one attached hydrogen (secondary N) is 1. The third kappa shape index (κ3) is 4.35. The van der Waals surface area contributed by atoms with Crippen molar-refractivity contribution in [2.75, 3.05) is 7.11 Å². The van der Waals surface area contributed by atoms with Gasteiger partial charge in [0.05, 0.1) is 18.6 Å². The smallest absolute Gasteiger partial charge is 0.242 e. The molecule has 27 heavy (non-hydrogen) atoms. The first-order chi connectivity index (χ1) is 12.9. The van der Waals surface area contributed by atoms with Gasteiger partial charge in [-0.1, -0.05) is 49.3 Å². The second-order valence-electron chi connectivity index (χ2n) is 6.26. The Labute approximate surface area is 158 Å². The van der Waals surface area contributed by atoms with Crippen LogP contribution in [0.2, 0.25) is 0 Å². The van der Waals surface area contributed by atoms with Crippen LogP contribution < -0.4 is 9.46 Å². The SMILES string of the molecule is COc1ccc(S(=O)(=O)NCc2nc(-c3ccccc3)no2)cc1C(C)C. The number of hydrogen-bond donors (Lipinski definition) is 1. The van der Waals surface area contributed by atoms with E-state index in [1.54, 1.807) is 19.2 Å². The summed E-state index contributed by atoms with van der Waals surface area (Å²) in [4.78, 5) is 4.39. The third-order valence-electron chi connectivity index (χ3n) is 4.05. The van der Waals surface area contributed by atoms with Gasteiger partial charge in [0.2, 0.25) is 21.7 Å². The molecule has 1 N–H and O–H groups in total. The van der Waals surface area contributed by atoms with E-state index in [9.17, 15) is 8.42 Å². The Bertz CT molecular complexity index is 1010. The van der Waals surface area contributed by atoms with Crippen molar-refractivity contribution < 1.29 is 17.7 Å². The van der Waals surface area contributed by atoms with Gasteiger partial charge in [-0.25, -0.2) is 13.1 Å². The molecule has 1 heterocycles. The summed E-state index contributed by atoms with van der Waals surface area (Å²) in [6.07, 6.45) is 0. The van der Waals surface area contributed by atoms with Gasteiger partial charge in [-0.2, -0.15) is 4.98 Å². The minimum atomic E-state index is -3.73. The molecule has 1 aromatic heterocycles. The second-order valence-corrected chi connectivity index (χ2v) is 8.03.